The van der Waals surface area contributed by atoms with Gasteiger partial charge in [0.15, 0.2) is 11.5 Å². The van der Waals surface area contributed by atoms with Crippen molar-refractivity contribution in [3.63, 3.8) is 0 Å². The Bertz CT molecular complexity index is 1010. The van der Waals surface area contributed by atoms with E-state index in [-0.39, 0.29) is 0 Å². The monoisotopic (exact) mass is 443 g/mol. The van der Waals surface area contributed by atoms with E-state index in [9.17, 15) is 9.59 Å². The summed E-state index contributed by atoms with van der Waals surface area (Å²) in [6.07, 6.45) is 0. The van der Waals surface area contributed by atoms with E-state index in [1.807, 2.05) is 24.4 Å². The molecule has 156 valence electrons. The van der Waals surface area contributed by atoms with E-state index in [4.69, 9.17) is 9.47 Å². The number of methoxy groups -OCH3 is 1. The zero-order valence-corrected chi connectivity index (χ0v) is 18.1. The number of carbonyl (C=O) groups excluding carboxylic acids is 2. The van der Waals surface area contributed by atoms with Crippen LogP contribution in [0.1, 0.15) is 33.3 Å². The van der Waals surface area contributed by atoms with Crippen molar-refractivity contribution in [2.45, 2.75) is 17.6 Å². The molecule has 0 radical (unpaired) electrons. The van der Waals surface area contributed by atoms with E-state index in [2.05, 4.69) is 15.8 Å². The van der Waals surface area contributed by atoms with E-state index in [0.717, 1.165) is 10.6 Å². The highest BCUT2D eigenvalue weighted by molar-refractivity contribution is 7.98. The SMILES string of the molecule is CCOc1ccc(C(=O)NNC(=O)c2ccccc2SCc2cscn2)cc1OC. The minimum absolute atomic E-state index is 0.335. The molecule has 2 amide bonds. The fourth-order valence-corrected chi connectivity index (χ4v) is 4.19. The van der Waals surface area contributed by atoms with E-state index < -0.39 is 11.8 Å². The summed E-state index contributed by atoms with van der Waals surface area (Å²) in [4.78, 5) is 30.1. The van der Waals surface area contributed by atoms with Gasteiger partial charge in [0.2, 0.25) is 0 Å². The smallest absolute Gasteiger partial charge is 0.270 e. The summed E-state index contributed by atoms with van der Waals surface area (Å²) >= 11 is 3.05. The normalized spacial score (nSPS) is 10.3. The van der Waals surface area contributed by atoms with Crippen LogP contribution >= 0.6 is 23.1 Å². The number of nitrogens with zero attached hydrogens (tertiary/aromatic N) is 1. The number of benzene rings is 2. The molecule has 1 heterocycles. The van der Waals surface area contributed by atoms with Crippen molar-refractivity contribution in [3.8, 4) is 11.5 Å². The largest absolute Gasteiger partial charge is 0.493 e. The van der Waals surface area contributed by atoms with E-state index in [0.29, 0.717) is 35.0 Å². The van der Waals surface area contributed by atoms with Crippen molar-refractivity contribution in [1.82, 2.24) is 15.8 Å². The summed E-state index contributed by atoms with van der Waals surface area (Å²) in [7, 11) is 1.50. The average molecular weight is 444 g/mol. The Labute approximate surface area is 182 Å². The maximum Gasteiger partial charge on any atom is 0.270 e. The topological polar surface area (TPSA) is 89.6 Å². The van der Waals surface area contributed by atoms with Gasteiger partial charge in [-0.3, -0.25) is 20.4 Å². The molecule has 0 saturated heterocycles. The Kier molecular flexibility index (Phi) is 7.69. The van der Waals surface area contributed by atoms with Gasteiger partial charge in [0.25, 0.3) is 11.8 Å². The molecular formula is C21H21N3O4S2. The molecule has 0 fully saturated rings. The van der Waals surface area contributed by atoms with Crippen LogP contribution in [0.3, 0.4) is 0 Å². The second-order valence-electron chi connectivity index (χ2n) is 5.97. The maximum atomic E-state index is 12.6. The van der Waals surface area contributed by atoms with Crippen LogP contribution in [0.15, 0.2) is 58.3 Å². The number of thioether (sulfide) groups is 1. The molecule has 9 heteroatoms. The summed E-state index contributed by atoms with van der Waals surface area (Å²) < 4.78 is 10.7. The summed E-state index contributed by atoms with van der Waals surface area (Å²) in [5, 5.41) is 1.97. The van der Waals surface area contributed by atoms with Gasteiger partial charge in [-0.2, -0.15) is 0 Å². The standard InChI is InChI=1S/C21H21N3O4S2/c1-3-28-17-9-8-14(10-18(17)27-2)20(25)23-24-21(26)16-6-4-5-7-19(16)30-12-15-11-29-13-22-15/h4-11,13H,3,12H2,1-2H3,(H,23,25)(H,24,26). The van der Waals surface area contributed by atoms with Gasteiger partial charge in [0.1, 0.15) is 0 Å². The number of aromatic nitrogens is 1. The molecule has 2 N–H and O–H groups in total. The van der Waals surface area contributed by atoms with Crippen LogP contribution in [-0.2, 0) is 5.75 Å². The maximum absolute atomic E-state index is 12.6. The molecule has 3 rings (SSSR count). The van der Waals surface area contributed by atoms with Gasteiger partial charge in [0.05, 0.1) is 30.5 Å². The van der Waals surface area contributed by atoms with Crippen LogP contribution in [0.25, 0.3) is 0 Å². The Morgan fingerprint density at radius 1 is 1.10 bits per heavy atom. The van der Waals surface area contributed by atoms with Crippen molar-refractivity contribution in [2.24, 2.45) is 0 Å². The van der Waals surface area contributed by atoms with E-state index >= 15 is 0 Å². The van der Waals surface area contributed by atoms with Gasteiger partial charge in [0, 0.05) is 21.6 Å². The zero-order valence-electron chi connectivity index (χ0n) is 16.5. The predicted molar refractivity (Wildman–Crippen MR) is 117 cm³/mol. The van der Waals surface area contributed by atoms with Gasteiger partial charge in [-0.25, -0.2) is 4.98 Å². The molecule has 3 aromatic rings. The first kappa shape index (κ1) is 21.7. The summed E-state index contributed by atoms with van der Waals surface area (Å²) in [5.41, 5.74) is 8.46. The molecule has 0 aliphatic carbocycles. The second-order valence-corrected chi connectivity index (χ2v) is 7.71. The van der Waals surface area contributed by atoms with Crippen molar-refractivity contribution < 1.29 is 19.1 Å². The Hall–Kier alpha value is -3.04. The third-order valence-corrected chi connectivity index (χ3v) is 5.75. The van der Waals surface area contributed by atoms with Crippen molar-refractivity contribution >= 4 is 34.9 Å². The molecule has 1 aromatic heterocycles. The van der Waals surface area contributed by atoms with Gasteiger partial charge in [-0.15, -0.1) is 23.1 Å². The lowest BCUT2D eigenvalue weighted by Crippen LogP contribution is -2.41. The van der Waals surface area contributed by atoms with Crippen LogP contribution in [0, 0.1) is 0 Å². The molecule has 30 heavy (non-hydrogen) atoms. The number of hydrogen-bond acceptors (Lipinski definition) is 7. The lowest BCUT2D eigenvalue weighted by atomic mass is 10.2. The number of thiazole rings is 1. The highest BCUT2D eigenvalue weighted by Gasteiger charge is 2.15. The van der Waals surface area contributed by atoms with Gasteiger partial charge in [-0.05, 0) is 37.3 Å². The van der Waals surface area contributed by atoms with Crippen LogP contribution in [0.4, 0.5) is 0 Å². The minimum Gasteiger partial charge on any atom is -0.493 e. The summed E-state index contributed by atoms with van der Waals surface area (Å²) in [5.74, 6) is 0.790. The number of hydrogen-bond donors (Lipinski definition) is 2. The molecule has 0 atom stereocenters. The number of carbonyl (C=O) groups is 2. The molecule has 0 spiro atoms. The first-order valence-corrected chi connectivity index (χ1v) is 11.1. The highest BCUT2D eigenvalue weighted by Crippen LogP contribution is 2.28. The van der Waals surface area contributed by atoms with Gasteiger partial charge in [-0.1, -0.05) is 12.1 Å². The average Bonchev–Trinajstić information content (AvgIpc) is 3.30. The number of nitrogens with one attached hydrogen (secondary N) is 2. The molecule has 0 saturated carbocycles. The van der Waals surface area contributed by atoms with Crippen LogP contribution in [-0.4, -0.2) is 30.5 Å². The first-order chi connectivity index (χ1) is 14.6. The number of rotatable bonds is 8. The van der Waals surface area contributed by atoms with Gasteiger partial charge < -0.3 is 9.47 Å². The van der Waals surface area contributed by atoms with E-state index in [1.165, 1.54) is 30.2 Å². The molecule has 2 aromatic carbocycles. The molecule has 7 nitrogen and oxygen atoms in total. The van der Waals surface area contributed by atoms with Crippen LogP contribution in [0.2, 0.25) is 0 Å². The molecule has 0 unspecified atom stereocenters. The van der Waals surface area contributed by atoms with Crippen LogP contribution < -0.4 is 20.3 Å². The number of hydrazine groups is 1. The second kappa shape index (κ2) is 10.7. The van der Waals surface area contributed by atoms with Crippen molar-refractivity contribution in [3.05, 3.63) is 70.2 Å². The molecule has 0 aliphatic rings. The number of amides is 2. The summed E-state index contributed by atoms with van der Waals surface area (Å²) in [6.45, 7) is 2.35. The Morgan fingerprint density at radius 3 is 2.63 bits per heavy atom. The fraction of sp³-hybridized carbons (Fsp3) is 0.190. The highest BCUT2D eigenvalue weighted by atomic mass is 32.2. The summed E-state index contributed by atoms with van der Waals surface area (Å²) in [6, 6.07) is 12.0. The third kappa shape index (κ3) is 5.52. The Morgan fingerprint density at radius 2 is 1.90 bits per heavy atom. The van der Waals surface area contributed by atoms with Crippen LogP contribution in [0.5, 0.6) is 11.5 Å². The van der Waals surface area contributed by atoms with Crippen molar-refractivity contribution in [1.29, 1.82) is 0 Å². The fourth-order valence-electron chi connectivity index (χ4n) is 2.58. The molecule has 0 bridgehead atoms. The minimum atomic E-state index is -0.461. The zero-order chi connectivity index (χ0) is 21.3. The van der Waals surface area contributed by atoms with E-state index in [1.54, 1.807) is 35.8 Å². The third-order valence-electron chi connectivity index (χ3n) is 4.01. The first-order valence-electron chi connectivity index (χ1n) is 9.12. The molecule has 0 aliphatic heterocycles. The lowest BCUT2D eigenvalue weighted by molar-refractivity contribution is 0.0845. The van der Waals surface area contributed by atoms with Crippen molar-refractivity contribution in [2.75, 3.05) is 13.7 Å². The number of ether oxygens (including phenoxy) is 2. The lowest BCUT2D eigenvalue weighted by Gasteiger charge is -2.12. The predicted octanol–water partition coefficient (Wildman–Crippen LogP) is 3.92. The Balaban J connectivity index is 1.63. The quantitative estimate of drug-likeness (QED) is 0.405. The van der Waals surface area contributed by atoms with Gasteiger partial charge >= 0.3 is 0 Å². The molecular weight excluding hydrogens is 422 g/mol.